The van der Waals surface area contributed by atoms with Crippen LogP contribution in [0.25, 0.3) is 0 Å². The summed E-state index contributed by atoms with van der Waals surface area (Å²) in [6, 6.07) is 15.4. The summed E-state index contributed by atoms with van der Waals surface area (Å²) in [5.41, 5.74) is 3.98. The highest BCUT2D eigenvalue weighted by molar-refractivity contribution is 5.99. The van der Waals surface area contributed by atoms with E-state index in [-0.39, 0.29) is 24.8 Å². The first kappa shape index (κ1) is 20.6. The molecule has 0 aliphatic carbocycles. The molecule has 0 bridgehead atoms. The van der Waals surface area contributed by atoms with Crippen molar-refractivity contribution in [2.45, 2.75) is 39.8 Å². The molecule has 2 amide bonds. The average Bonchev–Trinajstić information content (AvgIpc) is 3.09. The fraction of sp³-hybridized carbons (Fsp3) is 0.348. The molecule has 6 heteroatoms. The molecule has 0 spiro atoms. The number of rotatable bonds is 6. The van der Waals surface area contributed by atoms with Gasteiger partial charge in [0.05, 0.1) is 5.92 Å². The van der Waals surface area contributed by atoms with Crippen molar-refractivity contribution in [3.63, 3.8) is 0 Å². The van der Waals surface area contributed by atoms with Gasteiger partial charge < -0.3 is 15.0 Å². The predicted octanol–water partition coefficient (Wildman–Crippen LogP) is 2.90. The van der Waals surface area contributed by atoms with E-state index < -0.39 is 18.0 Å². The van der Waals surface area contributed by atoms with Crippen molar-refractivity contribution >= 4 is 23.5 Å². The highest BCUT2D eigenvalue weighted by Crippen LogP contribution is 2.26. The summed E-state index contributed by atoms with van der Waals surface area (Å²) in [6.07, 6.45) is -0.832. The Morgan fingerprint density at radius 1 is 1.07 bits per heavy atom. The zero-order valence-corrected chi connectivity index (χ0v) is 17.0. The Morgan fingerprint density at radius 3 is 2.28 bits per heavy atom. The van der Waals surface area contributed by atoms with E-state index in [1.54, 1.807) is 4.90 Å². The summed E-state index contributed by atoms with van der Waals surface area (Å²) < 4.78 is 5.33. The van der Waals surface area contributed by atoms with Crippen LogP contribution in [0.5, 0.6) is 0 Å². The molecule has 0 radical (unpaired) electrons. The van der Waals surface area contributed by atoms with Crippen molar-refractivity contribution in [2.24, 2.45) is 5.92 Å². The Hall–Kier alpha value is -3.15. The third kappa shape index (κ3) is 5.22. The molecule has 1 aliphatic rings. The number of esters is 1. The number of anilines is 1. The number of carbonyl (C=O) groups excluding carboxylic acids is 3. The second kappa shape index (κ2) is 8.90. The monoisotopic (exact) mass is 394 g/mol. The van der Waals surface area contributed by atoms with Crippen molar-refractivity contribution < 1.29 is 19.1 Å². The summed E-state index contributed by atoms with van der Waals surface area (Å²) in [6.45, 7) is 6.14. The van der Waals surface area contributed by atoms with E-state index in [9.17, 15) is 14.4 Å². The van der Waals surface area contributed by atoms with Crippen LogP contribution in [-0.4, -0.2) is 30.4 Å². The van der Waals surface area contributed by atoms with Gasteiger partial charge in [-0.1, -0.05) is 47.5 Å². The molecule has 3 rings (SSSR count). The summed E-state index contributed by atoms with van der Waals surface area (Å²) in [4.78, 5) is 38.6. The van der Waals surface area contributed by atoms with Gasteiger partial charge in [0.1, 0.15) is 0 Å². The topological polar surface area (TPSA) is 75.7 Å². The van der Waals surface area contributed by atoms with Gasteiger partial charge in [-0.15, -0.1) is 0 Å². The lowest BCUT2D eigenvalue weighted by atomic mass is 10.1. The molecule has 1 saturated heterocycles. The molecule has 6 nitrogen and oxygen atoms in total. The van der Waals surface area contributed by atoms with Crippen LogP contribution in [0.15, 0.2) is 48.5 Å². The number of benzene rings is 2. The van der Waals surface area contributed by atoms with Crippen LogP contribution in [0.4, 0.5) is 5.69 Å². The maximum absolute atomic E-state index is 12.5. The van der Waals surface area contributed by atoms with Gasteiger partial charge in [-0.25, -0.2) is 0 Å². The lowest BCUT2D eigenvalue weighted by Crippen LogP contribution is -2.37. The molecular weight excluding hydrogens is 368 g/mol. The van der Waals surface area contributed by atoms with Crippen LogP contribution in [0.1, 0.15) is 30.0 Å². The number of amides is 2. The van der Waals surface area contributed by atoms with Crippen molar-refractivity contribution in [3.05, 3.63) is 65.2 Å². The van der Waals surface area contributed by atoms with E-state index in [1.807, 2.05) is 62.4 Å². The van der Waals surface area contributed by atoms with Gasteiger partial charge in [-0.3, -0.25) is 14.4 Å². The molecule has 29 heavy (non-hydrogen) atoms. The number of nitrogens with one attached hydrogen (secondary N) is 1. The van der Waals surface area contributed by atoms with E-state index >= 15 is 0 Å². The summed E-state index contributed by atoms with van der Waals surface area (Å²) in [5, 5.41) is 2.77. The summed E-state index contributed by atoms with van der Waals surface area (Å²) >= 11 is 0. The molecule has 1 fully saturated rings. The second-order valence-electron chi connectivity index (χ2n) is 7.52. The number of hydrogen-bond acceptors (Lipinski definition) is 4. The molecule has 1 heterocycles. The number of nitrogens with zero attached hydrogens (tertiary/aromatic N) is 1. The summed E-state index contributed by atoms with van der Waals surface area (Å²) in [5.74, 6) is -1.58. The number of aryl methyl sites for hydroxylation is 2. The minimum atomic E-state index is -0.920. The van der Waals surface area contributed by atoms with E-state index in [0.717, 1.165) is 22.4 Å². The lowest BCUT2D eigenvalue weighted by molar-refractivity contribution is -0.158. The molecule has 152 valence electrons. The molecular formula is C23H26N2O4. The van der Waals surface area contributed by atoms with Gasteiger partial charge in [-0.05, 0) is 38.5 Å². The van der Waals surface area contributed by atoms with Crippen LogP contribution in [-0.2, 0) is 25.7 Å². The van der Waals surface area contributed by atoms with E-state index in [0.29, 0.717) is 6.54 Å². The Bertz CT molecular complexity index is 890. The van der Waals surface area contributed by atoms with Crippen molar-refractivity contribution in [1.82, 2.24) is 5.32 Å². The fourth-order valence-corrected chi connectivity index (χ4v) is 3.20. The molecule has 0 saturated carbocycles. The first-order valence-corrected chi connectivity index (χ1v) is 9.74. The largest absolute Gasteiger partial charge is 0.452 e. The lowest BCUT2D eigenvalue weighted by Gasteiger charge is -2.18. The van der Waals surface area contributed by atoms with Crippen LogP contribution in [0.3, 0.4) is 0 Å². The molecule has 2 aromatic rings. The maximum atomic E-state index is 12.5. The Kier molecular flexibility index (Phi) is 6.32. The molecule has 1 aliphatic heterocycles. The minimum Gasteiger partial charge on any atom is -0.452 e. The zero-order chi connectivity index (χ0) is 21.0. The van der Waals surface area contributed by atoms with Crippen molar-refractivity contribution in [3.8, 4) is 0 Å². The third-order valence-electron chi connectivity index (χ3n) is 5.05. The van der Waals surface area contributed by atoms with Crippen LogP contribution in [0.2, 0.25) is 0 Å². The van der Waals surface area contributed by atoms with E-state index in [2.05, 4.69) is 5.32 Å². The fourth-order valence-electron chi connectivity index (χ4n) is 3.20. The highest BCUT2D eigenvalue weighted by atomic mass is 16.5. The standard InChI is InChI=1S/C23H26N2O4/c1-15-4-8-18(9-5-15)13-24-22(27)17(3)29-23(28)19-12-21(26)25(14-19)20-10-6-16(2)7-11-20/h4-11,17,19H,12-14H2,1-3H3,(H,24,27). The Labute approximate surface area is 170 Å². The first-order chi connectivity index (χ1) is 13.8. The molecule has 2 atom stereocenters. The van der Waals surface area contributed by atoms with E-state index in [4.69, 9.17) is 4.74 Å². The van der Waals surface area contributed by atoms with Crippen molar-refractivity contribution in [1.29, 1.82) is 0 Å². The smallest absolute Gasteiger partial charge is 0.312 e. The quantitative estimate of drug-likeness (QED) is 0.765. The van der Waals surface area contributed by atoms with Crippen LogP contribution < -0.4 is 10.2 Å². The van der Waals surface area contributed by atoms with Gasteiger partial charge in [0.2, 0.25) is 5.91 Å². The van der Waals surface area contributed by atoms with Gasteiger partial charge >= 0.3 is 5.97 Å². The molecule has 0 aromatic heterocycles. The van der Waals surface area contributed by atoms with Crippen molar-refractivity contribution in [2.75, 3.05) is 11.4 Å². The number of hydrogen-bond donors (Lipinski definition) is 1. The van der Waals surface area contributed by atoms with Gasteiger partial charge in [0, 0.05) is 25.2 Å². The third-order valence-corrected chi connectivity index (χ3v) is 5.05. The first-order valence-electron chi connectivity index (χ1n) is 9.74. The van der Waals surface area contributed by atoms with E-state index in [1.165, 1.54) is 6.92 Å². The second-order valence-corrected chi connectivity index (χ2v) is 7.52. The minimum absolute atomic E-state index is 0.0877. The molecule has 2 aromatic carbocycles. The Morgan fingerprint density at radius 2 is 1.66 bits per heavy atom. The number of carbonyl (C=O) groups is 3. The van der Waals surface area contributed by atoms with Crippen LogP contribution >= 0.6 is 0 Å². The molecule has 1 N–H and O–H groups in total. The van der Waals surface area contributed by atoms with Gasteiger partial charge in [0.25, 0.3) is 5.91 Å². The summed E-state index contributed by atoms with van der Waals surface area (Å²) in [7, 11) is 0. The highest BCUT2D eigenvalue weighted by Gasteiger charge is 2.37. The van der Waals surface area contributed by atoms with Gasteiger partial charge in [-0.2, -0.15) is 0 Å². The van der Waals surface area contributed by atoms with Gasteiger partial charge in [0.15, 0.2) is 6.10 Å². The van der Waals surface area contributed by atoms with Crippen LogP contribution in [0, 0.1) is 19.8 Å². The number of ether oxygens (including phenoxy) is 1. The average molecular weight is 394 g/mol. The Balaban J connectivity index is 1.51. The zero-order valence-electron chi connectivity index (χ0n) is 17.0. The maximum Gasteiger partial charge on any atom is 0.312 e. The predicted molar refractivity (Wildman–Crippen MR) is 110 cm³/mol. The SMILES string of the molecule is Cc1ccc(CNC(=O)C(C)OC(=O)C2CC(=O)N(c3ccc(C)cc3)C2)cc1. The molecule has 2 unspecified atom stereocenters. The normalized spacial score (nSPS) is 17.1.